The molecule has 0 bridgehead atoms. The minimum atomic E-state index is -0.402. The van der Waals surface area contributed by atoms with Gasteiger partial charge in [0.15, 0.2) is 17.3 Å². The number of benzene rings is 1. The molecule has 1 aliphatic rings. The number of rotatable bonds is 6. The Bertz CT molecular complexity index is 588. The Morgan fingerprint density at radius 3 is 2.95 bits per heavy atom. The maximum Gasteiger partial charge on any atom is 0.254 e. The van der Waals surface area contributed by atoms with Crippen molar-refractivity contribution in [3.63, 3.8) is 0 Å². The van der Waals surface area contributed by atoms with Crippen LogP contribution < -0.4 is 14.8 Å². The molecule has 1 N–H and O–H groups in total. The third kappa shape index (κ3) is 4.35. The summed E-state index contributed by atoms with van der Waals surface area (Å²) < 4.78 is 29.4. The molecule has 1 fully saturated rings. The second kappa shape index (κ2) is 8.00. The molecular weight excluding hydrogens is 311 g/mol. The van der Waals surface area contributed by atoms with E-state index in [1.54, 1.807) is 24.3 Å². The zero-order valence-corrected chi connectivity index (χ0v) is 12.8. The number of para-hydroxylation sites is 1. The fourth-order valence-corrected chi connectivity index (χ4v) is 2.23. The molecule has 0 unspecified atom stereocenters. The summed E-state index contributed by atoms with van der Waals surface area (Å²) in [6.45, 7) is 1.72. The SMILES string of the molecule is Cl.Fc1ccccc1OCc1cc(OC[C@@H]2CCCN2)no1. The van der Waals surface area contributed by atoms with Crippen molar-refractivity contribution in [3.05, 3.63) is 41.9 Å². The molecule has 2 heterocycles. The van der Waals surface area contributed by atoms with E-state index in [9.17, 15) is 4.39 Å². The highest BCUT2D eigenvalue weighted by molar-refractivity contribution is 5.85. The first-order valence-corrected chi connectivity index (χ1v) is 7.00. The number of ether oxygens (including phenoxy) is 2. The summed E-state index contributed by atoms with van der Waals surface area (Å²) in [7, 11) is 0. The second-order valence-corrected chi connectivity index (χ2v) is 4.95. The van der Waals surface area contributed by atoms with Gasteiger partial charge < -0.3 is 19.3 Å². The van der Waals surface area contributed by atoms with Crippen molar-refractivity contribution in [1.29, 1.82) is 0 Å². The number of hydrogen-bond donors (Lipinski definition) is 1. The molecule has 0 amide bonds. The molecule has 120 valence electrons. The molecular formula is C15H18ClFN2O3. The summed E-state index contributed by atoms with van der Waals surface area (Å²) in [6, 6.07) is 8.27. The van der Waals surface area contributed by atoms with E-state index < -0.39 is 5.82 Å². The van der Waals surface area contributed by atoms with E-state index in [2.05, 4.69) is 10.5 Å². The molecule has 0 spiro atoms. The van der Waals surface area contributed by atoms with Crippen LogP contribution in [0, 0.1) is 5.82 Å². The van der Waals surface area contributed by atoms with Crippen molar-refractivity contribution < 1.29 is 18.4 Å². The van der Waals surface area contributed by atoms with Crippen LogP contribution in [0.25, 0.3) is 0 Å². The van der Waals surface area contributed by atoms with Gasteiger partial charge in [0, 0.05) is 12.1 Å². The molecule has 0 aliphatic carbocycles. The van der Waals surface area contributed by atoms with E-state index in [0.717, 1.165) is 13.0 Å². The van der Waals surface area contributed by atoms with Gasteiger partial charge in [-0.05, 0) is 36.7 Å². The largest absolute Gasteiger partial charge is 0.482 e. The van der Waals surface area contributed by atoms with Crippen LogP contribution in [0.3, 0.4) is 0 Å². The van der Waals surface area contributed by atoms with Crippen LogP contribution in [-0.2, 0) is 6.61 Å². The average Bonchev–Trinajstić information content (AvgIpc) is 3.16. The fraction of sp³-hybridized carbons (Fsp3) is 0.400. The zero-order valence-electron chi connectivity index (χ0n) is 12.0. The van der Waals surface area contributed by atoms with E-state index in [1.165, 1.54) is 12.5 Å². The lowest BCUT2D eigenvalue weighted by atomic mass is 10.2. The van der Waals surface area contributed by atoms with Crippen LogP contribution in [-0.4, -0.2) is 24.4 Å². The average molecular weight is 329 g/mol. The lowest BCUT2D eigenvalue weighted by molar-refractivity contribution is 0.226. The molecule has 0 radical (unpaired) electrons. The Kier molecular flexibility index (Phi) is 6.03. The number of nitrogens with zero attached hydrogens (tertiary/aromatic N) is 1. The van der Waals surface area contributed by atoms with Gasteiger partial charge in [-0.1, -0.05) is 12.1 Å². The van der Waals surface area contributed by atoms with Crippen LogP contribution >= 0.6 is 12.4 Å². The molecule has 3 rings (SSSR count). The normalized spacial score (nSPS) is 17.0. The van der Waals surface area contributed by atoms with Crippen molar-refractivity contribution in [3.8, 4) is 11.6 Å². The predicted molar refractivity (Wildman–Crippen MR) is 81.0 cm³/mol. The van der Waals surface area contributed by atoms with Crippen LogP contribution in [0.4, 0.5) is 4.39 Å². The Morgan fingerprint density at radius 1 is 1.32 bits per heavy atom. The molecule has 5 nitrogen and oxygen atoms in total. The number of halogens is 2. The minimum Gasteiger partial charge on any atom is -0.482 e. The number of hydrogen-bond acceptors (Lipinski definition) is 5. The van der Waals surface area contributed by atoms with E-state index in [-0.39, 0.29) is 24.8 Å². The molecule has 2 aromatic rings. The van der Waals surface area contributed by atoms with Gasteiger partial charge >= 0.3 is 0 Å². The van der Waals surface area contributed by atoms with Crippen LogP contribution in [0.2, 0.25) is 0 Å². The maximum atomic E-state index is 13.4. The molecule has 1 saturated heterocycles. The highest BCUT2D eigenvalue weighted by atomic mass is 35.5. The first-order chi connectivity index (χ1) is 10.3. The quantitative estimate of drug-likeness (QED) is 0.883. The summed E-state index contributed by atoms with van der Waals surface area (Å²) in [5.41, 5.74) is 0. The Labute approximate surface area is 134 Å². The summed E-state index contributed by atoms with van der Waals surface area (Å²) in [5, 5.41) is 7.15. The van der Waals surface area contributed by atoms with Gasteiger partial charge in [-0.25, -0.2) is 4.39 Å². The fourth-order valence-electron chi connectivity index (χ4n) is 2.23. The van der Waals surface area contributed by atoms with E-state index >= 15 is 0 Å². The van der Waals surface area contributed by atoms with Crippen LogP contribution in [0.15, 0.2) is 34.9 Å². The smallest absolute Gasteiger partial charge is 0.254 e. The first kappa shape index (κ1) is 16.6. The molecule has 1 aromatic carbocycles. The van der Waals surface area contributed by atoms with E-state index in [1.807, 2.05) is 0 Å². The van der Waals surface area contributed by atoms with Gasteiger partial charge in [-0.3, -0.25) is 0 Å². The highest BCUT2D eigenvalue weighted by Crippen LogP contribution is 2.19. The lowest BCUT2D eigenvalue weighted by Crippen LogP contribution is -2.28. The summed E-state index contributed by atoms with van der Waals surface area (Å²) in [5.74, 6) is 0.704. The van der Waals surface area contributed by atoms with Gasteiger partial charge in [0.25, 0.3) is 5.88 Å². The monoisotopic (exact) mass is 328 g/mol. The Hall–Kier alpha value is -1.79. The third-order valence-electron chi connectivity index (χ3n) is 3.34. The molecule has 1 aromatic heterocycles. The topological polar surface area (TPSA) is 56.5 Å². The second-order valence-electron chi connectivity index (χ2n) is 4.95. The number of nitrogens with one attached hydrogen (secondary N) is 1. The summed E-state index contributed by atoms with van der Waals surface area (Å²) in [4.78, 5) is 0. The molecule has 1 atom stereocenters. The Morgan fingerprint density at radius 2 is 2.18 bits per heavy atom. The van der Waals surface area contributed by atoms with Crippen molar-refractivity contribution in [2.45, 2.75) is 25.5 Å². The van der Waals surface area contributed by atoms with Gasteiger partial charge in [-0.2, -0.15) is 0 Å². The van der Waals surface area contributed by atoms with Gasteiger partial charge in [0.2, 0.25) is 0 Å². The third-order valence-corrected chi connectivity index (χ3v) is 3.34. The lowest BCUT2D eigenvalue weighted by Gasteiger charge is -2.08. The Balaban J connectivity index is 0.00000176. The molecule has 7 heteroatoms. The van der Waals surface area contributed by atoms with Gasteiger partial charge in [0.1, 0.15) is 13.2 Å². The summed E-state index contributed by atoms with van der Waals surface area (Å²) >= 11 is 0. The summed E-state index contributed by atoms with van der Waals surface area (Å²) in [6.07, 6.45) is 2.29. The van der Waals surface area contributed by atoms with Crippen molar-refractivity contribution >= 4 is 12.4 Å². The standard InChI is InChI=1S/C15H17FN2O3.ClH/c16-13-5-1-2-6-14(13)19-10-12-8-15(18-21-12)20-9-11-4-3-7-17-11;/h1-2,5-6,8,11,17H,3-4,7,9-10H2;1H/t11-;/m0./s1. The van der Waals surface area contributed by atoms with E-state index in [4.69, 9.17) is 14.0 Å². The molecule has 0 saturated carbocycles. The number of aromatic nitrogens is 1. The van der Waals surface area contributed by atoms with Gasteiger partial charge in [0.05, 0.1) is 0 Å². The first-order valence-electron chi connectivity index (χ1n) is 7.00. The highest BCUT2D eigenvalue weighted by Gasteiger charge is 2.15. The van der Waals surface area contributed by atoms with E-state index in [0.29, 0.717) is 24.3 Å². The predicted octanol–water partition coefficient (Wildman–Crippen LogP) is 2.95. The van der Waals surface area contributed by atoms with Crippen LogP contribution in [0.1, 0.15) is 18.6 Å². The van der Waals surface area contributed by atoms with Crippen molar-refractivity contribution in [1.82, 2.24) is 10.5 Å². The zero-order chi connectivity index (χ0) is 14.5. The molecule has 22 heavy (non-hydrogen) atoms. The van der Waals surface area contributed by atoms with Gasteiger partial charge in [-0.15, -0.1) is 12.4 Å². The van der Waals surface area contributed by atoms with Crippen molar-refractivity contribution in [2.24, 2.45) is 0 Å². The van der Waals surface area contributed by atoms with Crippen LogP contribution in [0.5, 0.6) is 11.6 Å². The maximum absolute atomic E-state index is 13.4. The minimum absolute atomic E-state index is 0. The van der Waals surface area contributed by atoms with Crippen molar-refractivity contribution in [2.75, 3.05) is 13.2 Å². The molecule has 1 aliphatic heterocycles.